The number of nitrogens with one attached hydrogen (secondary N) is 2. The van der Waals surface area contributed by atoms with Crippen LogP contribution in [0.1, 0.15) is 36.0 Å². The van der Waals surface area contributed by atoms with E-state index < -0.39 is 0 Å². The Balaban J connectivity index is 1.68. The summed E-state index contributed by atoms with van der Waals surface area (Å²) >= 11 is 5.97. The highest BCUT2D eigenvalue weighted by Gasteiger charge is 2.53. The normalized spacial score (nSPS) is 19.9. The zero-order valence-corrected chi connectivity index (χ0v) is 11.9. The van der Waals surface area contributed by atoms with Crippen LogP contribution in [0, 0.1) is 11.3 Å². The van der Waals surface area contributed by atoms with Crippen molar-refractivity contribution in [3.05, 3.63) is 28.8 Å². The first-order valence-corrected chi connectivity index (χ1v) is 7.28. The zero-order chi connectivity index (χ0) is 13.5. The van der Waals surface area contributed by atoms with E-state index in [2.05, 4.69) is 10.6 Å². The number of carbonyl (C=O) groups is 1. The van der Waals surface area contributed by atoms with Gasteiger partial charge in [-0.3, -0.25) is 4.79 Å². The van der Waals surface area contributed by atoms with Gasteiger partial charge in [-0.15, -0.1) is 0 Å². The lowest BCUT2D eigenvalue weighted by Gasteiger charge is -2.16. The number of halogens is 1. The minimum atomic E-state index is -0.0289. The molecule has 2 fully saturated rings. The van der Waals surface area contributed by atoms with Gasteiger partial charge >= 0.3 is 0 Å². The molecule has 2 aliphatic carbocycles. The predicted molar refractivity (Wildman–Crippen MR) is 77.7 cm³/mol. The van der Waals surface area contributed by atoms with Crippen LogP contribution in [0.4, 0.5) is 5.69 Å². The third kappa shape index (κ3) is 2.57. The Morgan fingerprint density at radius 2 is 2.16 bits per heavy atom. The maximum Gasteiger partial charge on any atom is 0.253 e. The number of hydrogen-bond donors (Lipinski definition) is 2. The van der Waals surface area contributed by atoms with E-state index in [0.29, 0.717) is 16.0 Å². The molecule has 0 aliphatic heterocycles. The first kappa shape index (κ1) is 12.8. The molecule has 0 atom stereocenters. The summed E-state index contributed by atoms with van der Waals surface area (Å²) in [5, 5.41) is 6.71. The molecule has 1 aromatic carbocycles. The Kier molecular flexibility index (Phi) is 3.17. The molecule has 0 saturated heterocycles. The van der Waals surface area contributed by atoms with Crippen LogP contribution in [-0.4, -0.2) is 19.5 Å². The van der Waals surface area contributed by atoms with Gasteiger partial charge < -0.3 is 10.6 Å². The Bertz CT molecular complexity index is 507. The van der Waals surface area contributed by atoms with Gasteiger partial charge in [-0.05, 0) is 55.2 Å². The third-order valence-electron chi connectivity index (χ3n) is 4.43. The Hall–Kier alpha value is -1.22. The van der Waals surface area contributed by atoms with Crippen molar-refractivity contribution >= 4 is 23.2 Å². The van der Waals surface area contributed by atoms with Crippen LogP contribution < -0.4 is 10.6 Å². The van der Waals surface area contributed by atoms with Crippen molar-refractivity contribution in [1.82, 2.24) is 5.32 Å². The number of anilines is 1. The Morgan fingerprint density at radius 1 is 1.42 bits per heavy atom. The van der Waals surface area contributed by atoms with E-state index in [-0.39, 0.29) is 5.91 Å². The molecule has 0 spiro atoms. The predicted octanol–water partition coefficient (Wildman–Crippen LogP) is 3.30. The van der Waals surface area contributed by atoms with Crippen molar-refractivity contribution in [3.63, 3.8) is 0 Å². The average Bonchev–Trinajstić information content (AvgIpc) is 3.28. The van der Waals surface area contributed by atoms with E-state index >= 15 is 0 Å². The Labute approximate surface area is 118 Å². The minimum Gasteiger partial charge on any atom is -0.387 e. The standard InChI is InChI=1S/C15H19ClN2O/c1-17-13-5-4-11(16)8-12(13)14(19)18-9-15(6-7-15)10-2-3-10/h4-5,8,10,17H,2-3,6-7,9H2,1H3,(H,18,19). The topological polar surface area (TPSA) is 41.1 Å². The van der Waals surface area contributed by atoms with Crippen LogP contribution in [0.2, 0.25) is 5.02 Å². The molecule has 3 rings (SSSR count). The molecular weight excluding hydrogens is 260 g/mol. The molecular formula is C15H19ClN2O. The molecule has 3 nitrogen and oxygen atoms in total. The quantitative estimate of drug-likeness (QED) is 0.868. The number of rotatable bonds is 5. The van der Waals surface area contributed by atoms with Crippen LogP contribution in [0.5, 0.6) is 0 Å². The van der Waals surface area contributed by atoms with Gasteiger partial charge in [0.2, 0.25) is 0 Å². The fraction of sp³-hybridized carbons (Fsp3) is 0.533. The van der Waals surface area contributed by atoms with Gasteiger partial charge in [0.15, 0.2) is 0 Å². The first-order chi connectivity index (χ1) is 9.14. The highest BCUT2D eigenvalue weighted by molar-refractivity contribution is 6.31. The van der Waals surface area contributed by atoms with E-state index in [1.54, 1.807) is 12.1 Å². The van der Waals surface area contributed by atoms with Crippen LogP contribution in [0.3, 0.4) is 0 Å². The first-order valence-electron chi connectivity index (χ1n) is 6.90. The number of benzene rings is 1. The molecule has 2 saturated carbocycles. The van der Waals surface area contributed by atoms with Crippen molar-refractivity contribution in [2.24, 2.45) is 11.3 Å². The van der Waals surface area contributed by atoms with Crippen LogP contribution >= 0.6 is 11.6 Å². The molecule has 1 amide bonds. The molecule has 4 heteroatoms. The maximum absolute atomic E-state index is 12.3. The van der Waals surface area contributed by atoms with E-state index in [9.17, 15) is 4.79 Å². The highest BCUT2D eigenvalue weighted by Crippen LogP contribution is 2.60. The summed E-state index contributed by atoms with van der Waals surface area (Å²) in [5.74, 6) is 0.828. The van der Waals surface area contributed by atoms with Crippen molar-refractivity contribution in [2.45, 2.75) is 25.7 Å². The van der Waals surface area contributed by atoms with Crippen molar-refractivity contribution in [2.75, 3.05) is 18.9 Å². The van der Waals surface area contributed by atoms with Gasteiger partial charge in [0.05, 0.1) is 5.56 Å². The summed E-state index contributed by atoms with van der Waals surface area (Å²) in [6.07, 6.45) is 5.22. The third-order valence-corrected chi connectivity index (χ3v) is 4.67. The SMILES string of the molecule is CNc1ccc(Cl)cc1C(=O)NCC1(C2CC2)CC1. The summed E-state index contributed by atoms with van der Waals surface area (Å²) in [7, 11) is 1.81. The van der Waals surface area contributed by atoms with Crippen molar-refractivity contribution in [3.8, 4) is 0 Å². The monoisotopic (exact) mass is 278 g/mol. The molecule has 2 aliphatic rings. The van der Waals surface area contributed by atoms with Gasteiger partial charge in [0.1, 0.15) is 0 Å². The van der Waals surface area contributed by atoms with Crippen LogP contribution in [-0.2, 0) is 0 Å². The summed E-state index contributed by atoms with van der Waals surface area (Å²) in [6.45, 7) is 0.812. The molecule has 0 bridgehead atoms. The van der Waals surface area contributed by atoms with E-state index in [1.165, 1.54) is 25.7 Å². The van der Waals surface area contributed by atoms with E-state index in [4.69, 9.17) is 11.6 Å². The molecule has 102 valence electrons. The number of hydrogen-bond acceptors (Lipinski definition) is 2. The summed E-state index contributed by atoms with van der Waals surface area (Å²) in [5.41, 5.74) is 1.87. The molecule has 0 heterocycles. The lowest BCUT2D eigenvalue weighted by atomic mass is 10.0. The second-order valence-electron chi connectivity index (χ2n) is 5.76. The fourth-order valence-corrected chi connectivity index (χ4v) is 3.03. The lowest BCUT2D eigenvalue weighted by molar-refractivity contribution is 0.0943. The Morgan fingerprint density at radius 3 is 2.74 bits per heavy atom. The number of carbonyl (C=O) groups excluding carboxylic acids is 1. The highest BCUT2D eigenvalue weighted by atomic mass is 35.5. The summed E-state index contributed by atoms with van der Waals surface area (Å²) < 4.78 is 0. The average molecular weight is 279 g/mol. The van der Waals surface area contributed by atoms with Crippen molar-refractivity contribution < 1.29 is 4.79 Å². The summed E-state index contributed by atoms with van der Waals surface area (Å²) in [6, 6.07) is 5.35. The second-order valence-corrected chi connectivity index (χ2v) is 6.20. The van der Waals surface area contributed by atoms with Gasteiger partial charge in [0, 0.05) is 24.3 Å². The van der Waals surface area contributed by atoms with Gasteiger partial charge in [-0.1, -0.05) is 11.6 Å². The van der Waals surface area contributed by atoms with E-state index in [1.807, 2.05) is 13.1 Å². The van der Waals surface area contributed by atoms with E-state index in [0.717, 1.165) is 18.2 Å². The van der Waals surface area contributed by atoms with Crippen LogP contribution in [0.25, 0.3) is 0 Å². The molecule has 0 radical (unpaired) electrons. The second kappa shape index (κ2) is 4.71. The zero-order valence-electron chi connectivity index (χ0n) is 11.1. The van der Waals surface area contributed by atoms with Crippen LogP contribution in [0.15, 0.2) is 18.2 Å². The molecule has 1 aromatic rings. The largest absolute Gasteiger partial charge is 0.387 e. The molecule has 0 aromatic heterocycles. The molecule has 2 N–H and O–H groups in total. The maximum atomic E-state index is 12.3. The molecule has 19 heavy (non-hydrogen) atoms. The lowest BCUT2D eigenvalue weighted by Crippen LogP contribution is -2.31. The number of amides is 1. The smallest absolute Gasteiger partial charge is 0.253 e. The van der Waals surface area contributed by atoms with Gasteiger partial charge in [-0.2, -0.15) is 0 Å². The van der Waals surface area contributed by atoms with Crippen molar-refractivity contribution in [1.29, 1.82) is 0 Å². The fourth-order valence-electron chi connectivity index (χ4n) is 2.86. The minimum absolute atomic E-state index is 0.0289. The van der Waals surface area contributed by atoms with Gasteiger partial charge in [0.25, 0.3) is 5.91 Å². The molecule has 0 unspecified atom stereocenters. The van der Waals surface area contributed by atoms with Gasteiger partial charge in [-0.25, -0.2) is 0 Å². The summed E-state index contributed by atoms with van der Waals surface area (Å²) in [4.78, 5) is 12.3.